The highest BCUT2D eigenvalue weighted by atomic mass is 32.2. The van der Waals surface area contributed by atoms with Crippen LogP contribution in [0, 0.1) is 13.8 Å². The predicted molar refractivity (Wildman–Crippen MR) is 208 cm³/mol. The van der Waals surface area contributed by atoms with Gasteiger partial charge in [0.25, 0.3) is 10.1 Å². The first-order valence-corrected chi connectivity index (χ1v) is 20.8. The highest BCUT2D eigenvalue weighted by Crippen LogP contribution is 2.49. The van der Waals surface area contributed by atoms with Crippen LogP contribution in [0.2, 0.25) is 0 Å². The molecule has 0 saturated heterocycles. The van der Waals surface area contributed by atoms with E-state index in [9.17, 15) is 28.8 Å². The molecule has 2 aromatic carbocycles. The number of unbranched alkanes of at least 4 members (excludes halogenated alkanes) is 15. The minimum Gasteiger partial charge on any atom is -0.504 e. The third kappa shape index (κ3) is 15.8. The van der Waals surface area contributed by atoms with Gasteiger partial charge in [0.2, 0.25) is 23.0 Å². The summed E-state index contributed by atoms with van der Waals surface area (Å²) in [6.07, 6.45) is 21.8. The second kappa shape index (κ2) is 25.7. The third-order valence-electron chi connectivity index (χ3n) is 9.43. The van der Waals surface area contributed by atoms with Gasteiger partial charge < -0.3 is 39.4 Å². The first-order valence-electron chi connectivity index (χ1n) is 19.0. The van der Waals surface area contributed by atoms with E-state index in [-0.39, 0.29) is 52.6 Å². The summed E-state index contributed by atoms with van der Waals surface area (Å²) in [7, 11) is 2.46. The van der Waals surface area contributed by atoms with Gasteiger partial charge in [0, 0.05) is 22.3 Å². The van der Waals surface area contributed by atoms with E-state index in [1.165, 1.54) is 73.4 Å². The molecular weight excluding hydrogens is 688 g/mol. The fourth-order valence-corrected chi connectivity index (χ4v) is 6.76. The first kappa shape index (κ1) is 46.8. The van der Waals surface area contributed by atoms with Crippen LogP contribution in [-0.4, -0.2) is 70.1 Å². The summed E-state index contributed by atoms with van der Waals surface area (Å²) < 4.78 is 47.0. The molecule has 0 atom stereocenters. The Morgan fingerprint density at radius 3 is 1.06 bits per heavy atom. The number of aromatic hydroxyl groups is 4. The van der Waals surface area contributed by atoms with Crippen molar-refractivity contribution in [1.82, 2.24) is 0 Å². The van der Waals surface area contributed by atoms with Gasteiger partial charge in [-0.2, -0.15) is 8.42 Å². The van der Waals surface area contributed by atoms with Crippen molar-refractivity contribution in [2.24, 2.45) is 0 Å². The van der Waals surface area contributed by atoms with E-state index in [0.29, 0.717) is 23.1 Å². The lowest BCUT2D eigenvalue weighted by atomic mass is 9.98. The van der Waals surface area contributed by atoms with Gasteiger partial charge in [0.15, 0.2) is 23.0 Å². The molecule has 0 aromatic heterocycles. The molecule has 52 heavy (non-hydrogen) atoms. The molecule has 0 bridgehead atoms. The lowest BCUT2D eigenvalue weighted by Crippen LogP contribution is -2.03. The van der Waals surface area contributed by atoms with Gasteiger partial charge in [0.05, 0.1) is 41.3 Å². The van der Waals surface area contributed by atoms with Crippen molar-refractivity contribution >= 4 is 10.1 Å². The van der Waals surface area contributed by atoms with Crippen LogP contribution in [0.5, 0.6) is 46.0 Å². The van der Waals surface area contributed by atoms with Crippen LogP contribution >= 0.6 is 0 Å². The van der Waals surface area contributed by atoms with Crippen LogP contribution < -0.4 is 18.9 Å². The molecule has 0 aliphatic heterocycles. The number of ether oxygens (including phenoxy) is 4. The molecule has 0 radical (unpaired) electrons. The smallest absolute Gasteiger partial charge is 0.264 e. The average Bonchev–Trinajstić information content (AvgIpc) is 3.11. The SMILES string of the molecule is CCCCCCCCCCCc1c(C)c(O)c(OC)c(OC)c1O.COc1c(O)c(C)c(CCCCCCCCCCOS(C)(=O)=O)c(O)c1OC. The minimum absolute atomic E-state index is 0.00648. The zero-order valence-electron chi connectivity index (χ0n) is 33.2. The maximum atomic E-state index is 10.8. The lowest BCUT2D eigenvalue weighted by Gasteiger charge is -2.17. The van der Waals surface area contributed by atoms with Crippen molar-refractivity contribution in [3.63, 3.8) is 0 Å². The first-order chi connectivity index (χ1) is 24.8. The molecule has 0 aliphatic carbocycles. The minimum atomic E-state index is -3.32. The zero-order chi connectivity index (χ0) is 39.1. The summed E-state index contributed by atoms with van der Waals surface area (Å²) in [6.45, 7) is 6.07. The monoisotopic (exact) mass is 756 g/mol. The van der Waals surface area contributed by atoms with Gasteiger partial charge in [-0.1, -0.05) is 96.8 Å². The van der Waals surface area contributed by atoms with E-state index >= 15 is 0 Å². The van der Waals surface area contributed by atoms with Crippen LogP contribution in [0.4, 0.5) is 0 Å². The number of hydrogen-bond acceptors (Lipinski definition) is 11. The molecule has 2 rings (SSSR count). The molecule has 0 fully saturated rings. The molecule has 0 heterocycles. The Balaban J connectivity index is 0.000000526. The average molecular weight is 757 g/mol. The van der Waals surface area contributed by atoms with E-state index in [2.05, 4.69) is 6.92 Å². The van der Waals surface area contributed by atoms with Gasteiger partial charge in [-0.15, -0.1) is 0 Å². The highest BCUT2D eigenvalue weighted by Gasteiger charge is 2.24. The summed E-state index contributed by atoms with van der Waals surface area (Å²) in [5.41, 5.74) is 2.74. The molecule has 12 heteroatoms. The molecule has 0 saturated carbocycles. The van der Waals surface area contributed by atoms with Crippen LogP contribution in [0.3, 0.4) is 0 Å². The van der Waals surface area contributed by atoms with Crippen molar-refractivity contribution < 1.29 is 52.0 Å². The lowest BCUT2D eigenvalue weighted by molar-refractivity contribution is 0.309. The van der Waals surface area contributed by atoms with Gasteiger partial charge in [-0.25, -0.2) is 0 Å². The fourth-order valence-electron chi connectivity index (χ4n) is 6.34. The Hall–Kier alpha value is -3.25. The maximum absolute atomic E-state index is 10.8. The van der Waals surface area contributed by atoms with Gasteiger partial charge in [0.1, 0.15) is 0 Å². The van der Waals surface area contributed by atoms with Gasteiger partial charge in [-0.3, -0.25) is 4.18 Å². The summed E-state index contributed by atoms with van der Waals surface area (Å²) in [5.74, 6) is 0.916. The van der Waals surface area contributed by atoms with Crippen molar-refractivity contribution in [2.75, 3.05) is 41.3 Å². The van der Waals surface area contributed by atoms with Crippen molar-refractivity contribution in [2.45, 2.75) is 143 Å². The Morgan fingerprint density at radius 2 is 0.750 bits per heavy atom. The summed E-state index contributed by atoms with van der Waals surface area (Å²) in [6, 6.07) is 0. The topological polar surface area (TPSA) is 161 Å². The van der Waals surface area contributed by atoms with E-state index < -0.39 is 10.1 Å². The molecule has 11 nitrogen and oxygen atoms in total. The molecular formula is C40H68O11S. The number of methoxy groups -OCH3 is 4. The van der Waals surface area contributed by atoms with Crippen LogP contribution in [-0.2, 0) is 27.1 Å². The Kier molecular flexibility index (Phi) is 23.1. The Morgan fingerprint density at radius 1 is 0.462 bits per heavy atom. The third-order valence-corrected chi connectivity index (χ3v) is 10.0. The van der Waals surface area contributed by atoms with Crippen LogP contribution in [0.15, 0.2) is 0 Å². The highest BCUT2D eigenvalue weighted by molar-refractivity contribution is 7.85. The zero-order valence-corrected chi connectivity index (χ0v) is 34.0. The number of benzene rings is 2. The van der Waals surface area contributed by atoms with Gasteiger partial charge in [-0.05, 0) is 46.0 Å². The van der Waals surface area contributed by atoms with E-state index in [0.717, 1.165) is 82.4 Å². The second-order valence-electron chi connectivity index (χ2n) is 13.4. The normalized spacial score (nSPS) is 11.2. The second-order valence-corrected chi connectivity index (χ2v) is 15.1. The molecule has 300 valence electrons. The van der Waals surface area contributed by atoms with E-state index in [1.54, 1.807) is 13.8 Å². The predicted octanol–water partition coefficient (Wildman–Crippen LogP) is 9.56. The fraction of sp³-hybridized carbons (Fsp3) is 0.700. The molecule has 0 amide bonds. The number of rotatable bonds is 26. The van der Waals surface area contributed by atoms with Gasteiger partial charge >= 0.3 is 0 Å². The van der Waals surface area contributed by atoms with E-state index in [1.807, 2.05) is 0 Å². The summed E-state index contributed by atoms with van der Waals surface area (Å²) in [5, 5.41) is 41.4. The standard InChI is InChI=1S/C20H34O7S.C20H34O4/c1-15-16(18(22)20(26-3)19(25-2)17(15)21)13-11-9-7-5-6-8-10-12-14-27-28(4,23)24;1-5-6-7-8-9-10-11-12-13-14-16-15(2)17(21)19(23-3)20(24-4)18(16)22/h21-22H,5-14H2,1-4H3;21-22H,5-14H2,1-4H3. The Labute approximate surface area is 313 Å². The quantitative estimate of drug-likeness (QED) is 0.0411. The summed E-state index contributed by atoms with van der Waals surface area (Å²) >= 11 is 0. The molecule has 2 aromatic rings. The molecule has 4 N–H and O–H groups in total. The molecule has 0 aliphatic rings. The van der Waals surface area contributed by atoms with Crippen LogP contribution in [0.1, 0.15) is 138 Å². The molecule has 0 spiro atoms. The number of phenolic OH excluding ortho intramolecular Hbond substituents is 4. The maximum Gasteiger partial charge on any atom is 0.264 e. The number of phenols is 4. The number of hydrogen-bond donors (Lipinski definition) is 4. The Bertz CT molecular complexity index is 1420. The van der Waals surface area contributed by atoms with Crippen molar-refractivity contribution in [1.29, 1.82) is 0 Å². The largest absolute Gasteiger partial charge is 0.504 e. The summed E-state index contributed by atoms with van der Waals surface area (Å²) in [4.78, 5) is 0. The molecule has 0 unspecified atom stereocenters. The van der Waals surface area contributed by atoms with Crippen LogP contribution in [0.25, 0.3) is 0 Å². The van der Waals surface area contributed by atoms with Crippen molar-refractivity contribution in [3.05, 3.63) is 22.3 Å². The van der Waals surface area contributed by atoms with E-state index in [4.69, 9.17) is 23.1 Å². The van der Waals surface area contributed by atoms with Crippen molar-refractivity contribution in [3.8, 4) is 46.0 Å².